The van der Waals surface area contributed by atoms with E-state index in [1.54, 1.807) is 6.07 Å². The van der Waals surface area contributed by atoms with Crippen LogP contribution in [0.5, 0.6) is 0 Å². The highest BCUT2D eigenvalue weighted by Gasteiger charge is 2.29. The second-order valence-corrected chi connectivity index (χ2v) is 4.53. The van der Waals surface area contributed by atoms with E-state index in [4.69, 9.17) is 4.42 Å². The summed E-state index contributed by atoms with van der Waals surface area (Å²) in [6, 6.07) is 8.84. The fourth-order valence-electron chi connectivity index (χ4n) is 1.39. The Hall–Kier alpha value is -1.69. The van der Waals surface area contributed by atoms with Crippen molar-refractivity contribution in [2.45, 2.75) is 10.4 Å². The third kappa shape index (κ3) is 3.16. The van der Waals surface area contributed by atoms with Gasteiger partial charge in [-0.1, -0.05) is 12.1 Å². The Morgan fingerprint density at radius 3 is 2.22 bits per heavy atom. The molecule has 0 amide bonds. The van der Waals surface area contributed by atoms with Crippen LogP contribution < -0.4 is 0 Å². The van der Waals surface area contributed by atoms with Gasteiger partial charge >= 0.3 is 5.51 Å². The monoisotopic (exact) mass is 272 g/mol. The summed E-state index contributed by atoms with van der Waals surface area (Å²) in [5.41, 5.74) is -3.67. The zero-order chi connectivity index (χ0) is 13.2. The highest BCUT2D eigenvalue weighted by molar-refractivity contribution is 8.00. The minimum atomic E-state index is -4.29. The molecule has 2 aromatic rings. The van der Waals surface area contributed by atoms with Gasteiger partial charge < -0.3 is 4.42 Å². The van der Waals surface area contributed by atoms with Crippen molar-refractivity contribution in [3.8, 4) is 11.3 Å². The molecule has 1 aromatic heterocycles. The van der Waals surface area contributed by atoms with Crippen LogP contribution in [0, 0.1) is 0 Å². The molecule has 0 saturated heterocycles. The smallest absolute Gasteiger partial charge is 0.446 e. The lowest BCUT2D eigenvalue weighted by Crippen LogP contribution is -1.98. The molecule has 0 aliphatic rings. The molecular formula is C12H7F3O2S. The maximum atomic E-state index is 12.1. The largest absolute Gasteiger partial charge is 0.453 e. The van der Waals surface area contributed by atoms with Gasteiger partial charge in [0.2, 0.25) is 0 Å². The first kappa shape index (κ1) is 12.8. The van der Waals surface area contributed by atoms with E-state index in [9.17, 15) is 18.0 Å². The Morgan fingerprint density at radius 2 is 1.72 bits per heavy atom. The zero-order valence-electron chi connectivity index (χ0n) is 8.90. The predicted octanol–water partition coefficient (Wildman–Crippen LogP) is 4.37. The van der Waals surface area contributed by atoms with Crippen molar-refractivity contribution in [2.75, 3.05) is 0 Å². The van der Waals surface area contributed by atoms with Gasteiger partial charge in [-0.05, 0) is 36.0 Å². The SMILES string of the molecule is O=Cc1ccc(-c2ccc(SC(F)(F)F)cc2)o1. The number of carbonyl (C=O) groups is 1. The molecule has 0 aliphatic heterocycles. The summed E-state index contributed by atoms with van der Waals surface area (Å²) in [6.45, 7) is 0. The number of hydrogen-bond acceptors (Lipinski definition) is 3. The molecule has 94 valence electrons. The molecule has 2 nitrogen and oxygen atoms in total. The lowest BCUT2D eigenvalue weighted by Gasteiger charge is -2.05. The maximum absolute atomic E-state index is 12.1. The number of benzene rings is 1. The van der Waals surface area contributed by atoms with Crippen molar-refractivity contribution in [1.82, 2.24) is 0 Å². The van der Waals surface area contributed by atoms with Crippen LogP contribution in [-0.2, 0) is 0 Å². The zero-order valence-corrected chi connectivity index (χ0v) is 9.72. The summed E-state index contributed by atoms with van der Waals surface area (Å²) < 4.78 is 41.5. The fourth-order valence-corrected chi connectivity index (χ4v) is 1.93. The van der Waals surface area contributed by atoms with Gasteiger partial charge in [0, 0.05) is 10.5 Å². The summed E-state index contributed by atoms with van der Waals surface area (Å²) in [7, 11) is 0. The average molecular weight is 272 g/mol. The van der Waals surface area contributed by atoms with Crippen LogP contribution in [0.2, 0.25) is 0 Å². The van der Waals surface area contributed by atoms with Crippen molar-refractivity contribution in [3.05, 3.63) is 42.2 Å². The van der Waals surface area contributed by atoms with Gasteiger partial charge in [0.05, 0.1) is 0 Å². The first-order valence-electron chi connectivity index (χ1n) is 4.89. The number of thioether (sulfide) groups is 1. The van der Waals surface area contributed by atoms with Crippen molar-refractivity contribution in [1.29, 1.82) is 0 Å². The number of furan rings is 1. The number of hydrogen-bond donors (Lipinski definition) is 0. The molecule has 0 aliphatic carbocycles. The average Bonchev–Trinajstić information content (AvgIpc) is 2.76. The van der Waals surface area contributed by atoms with Crippen LogP contribution in [-0.4, -0.2) is 11.8 Å². The summed E-state index contributed by atoms with van der Waals surface area (Å²) in [5, 5.41) is 0. The minimum Gasteiger partial charge on any atom is -0.453 e. The van der Waals surface area contributed by atoms with Crippen LogP contribution in [0.1, 0.15) is 10.6 Å². The van der Waals surface area contributed by atoms with E-state index in [0.29, 0.717) is 17.6 Å². The molecule has 0 bridgehead atoms. The van der Waals surface area contributed by atoms with Crippen LogP contribution in [0.4, 0.5) is 13.2 Å². The molecule has 1 heterocycles. The Kier molecular flexibility index (Phi) is 3.47. The van der Waals surface area contributed by atoms with Gasteiger partial charge in [-0.15, -0.1) is 0 Å². The fraction of sp³-hybridized carbons (Fsp3) is 0.0833. The van der Waals surface area contributed by atoms with Crippen molar-refractivity contribution < 1.29 is 22.4 Å². The summed E-state index contributed by atoms with van der Waals surface area (Å²) in [4.78, 5) is 10.5. The molecule has 0 N–H and O–H groups in total. The second kappa shape index (κ2) is 4.89. The lowest BCUT2D eigenvalue weighted by molar-refractivity contribution is -0.0328. The van der Waals surface area contributed by atoms with Crippen molar-refractivity contribution >= 4 is 18.0 Å². The topological polar surface area (TPSA) is 30.2 Å². The van der Waals surface area contributed by atoms with E-state index in [0.717, 1.165) is 0 Å². The molecule has 0 atom stereocenters. The van der Waals surface area contributed by atoms with Crippen LogP contribution in [0.15, 0.2) is 45.7 Å². The molecule has 0 saturated carbocycles. The molecule has 2 rings (SSSR count). The van der Waals surface area contributed by atoms with E-state index >= 15 is 0 Å². The Labute approximate surface area is 105 Å². The van der Waals surface area contributed by atoms with E-state index < -0.39 is 5.51 Å². The van der Waals surface area contributed by atoms with Crippen LogP contribution >= 0.6 is 11.8 Å². The predicted molar refractivity (Wildman–Crippen MR) is 61.4 cm³/mol. The number of rotatable bonds is 3. The molecular weight excluding hydrogens is 265 g/mol. The summed E-state index contributed by atoms with van der Waals surface area (Å²) >= 11 is -0.172. The van der Waals surface area contributed by atoms with Gasteiger partial charge in [0.25, 0.3) is 0 Å². The summed E-state index contributed by atoms with van der Waals surface area (Å²) in [6.07, 6.45) is 0.567. The Bertz CT molecular complexity index is 543. The highest BCUT2D eigenvalue weighted by Crippen LogP contribution is 2.37. The van der Waals surface area contributed by atoms with E-state index in [1.807, 2.05) is 0 Å². The molecule has 0 radical (unpaired) electrons. The molecule has 6 heteroatoms. The Balaban J connectivity index is 2.19. The number of aldehydes is 1. The number of carbonyl (C=O) groups excluding carboxylic acids is 1. The maximum Gasteiger partial charge on any atom is 0.446 e. The molecule has 0 spiro atoms. The third-order valence-corrected chi connectivity index (χ3v) is 2.85. The quantitative estimate of drug-likeness (QED) is 0.614. The first-order chi connectivity index (χ1) is 8.48. The number of alkyl halides is 3. The van der Waals surface area contributed by atoms with Gasteiger partial charge in [-0.2, -0.15) is 13.2 Å². The Morgan fingerprint density at radius 1 is 1.06 bits per heavy atom. The first-order valence-corrected chi connectivity index (χ1v) is 5.71. The third-order valence-electron chi connectivity index (χ3n) is 2.12. The van der Waals surface area contributed by atoms with E-state index in [1.165, 1.54) is 30.3 Å². The molecule has 0 fully saturated rings. The van der Waals surface area contributed by atoms with Gasteiger partial charge in [-0.3, -0.25) is 4.79 Å². The van der Waals surface area contributed by atoms with E-state index in [-0.39, 0.29) is 22.4 Å². The van der Waals surface area contributed by atoms with Crippen molar-refractivity contribution in [3.63, 3.8) is 0 Å². The van der Waals surface area contributed by atoms with Gasteiger partial charge in [0.15, 0.2) is 12.0 Å². The molecule has 18 heavy (non-hydrogen) atoms. The minimum absolute atomic E-state index is 0.105. The molecule has 0 unspecified atom stereocenters. The van der Waals surface area contributed by atoms with Crippen LogP contribution in [0.25, 0.3) is 11.3 Å². The van der Waals surface area contributed by atoms with Gasteiger partial charge in [0.1, 0.15) is 5.76 Å². The highest BCUT2D eigenvalue weighted by atomic mass is 32.2. The van der Waals surface area contributed by atoms with Crippen LogP contribution in [0.3, 0.4) is 0 Å². The summed E-state index contributed by atoms with van der Waals surface area (Å²) in [5.74, 6) is 0.624. The number of halogens is 3. The molecule has 1 aromatic carbocycles. The van der Waals surface area contributed by atoms with Gasteiger partial charge in [-0.25, -0.2) is 0 Å². The van der Waals surface area contributed by atoms with Crippen molar-refractivity contribution in [2.24, 2.45) is 0 Å². The second-order valence-electron chi connectivity index (χ2n) is 3.39. The van der Waals surface area contributed by atoms with E-state index in [2.05, 4.69) is 0 Å². The standard InChI is InChI=1S/C12H7F3O2S/c13-12(14,15)18-10-4-1-8(2-5-10)11-6-3-9(7-16)17-11/h1-7H. The normalized spacial score (nSPS) is 11.5. The lowest BCUT2D eigenvalue weighted by atomic mass is 10.2.